The molecule has 0 saturated heterocycles. The lowest BCUT2D eigenvalue weighted by Crippen LogP contribution is -2.30. The number of carboxylic acids is 2. The first kappa shape index (κ1) is 31.8. The number of hydrogen-bond donors (Lipinski definition) is 2. The van der Waals surface area contributed by atoms with Gasteiger partial charge < -0.3 is 19.7 Å². The van der Waals surface area contributed by atoms with Gasteiger partial charge in [-0.05, 0) is 89.9 Å². The lowest BCUT2D eigenvalue weighted by Gasteiger charge is -2.23. The smallest absolute Gasteiger partial charge is 0.335 e. The van der Waals surface area contributed by atoms with E-state index in [4.69, 9.17) is 14.6 Å². The third kappa shape index (κ3) is 9.43. The lowest BCUT2D eigenvalue weighted by atomic mass is 9.84. The molecule has 0 radical (unpaired) electrons. The summed E-state index contributed by atoms with van der Waals surface area (Å²) in [5, 5.41) is 18.4. The molecule has 4 aromatic rings. The number of carbonyl (C=O) groups is 2. The van der Waals surface area contributed by atoms with Gasteiger partial charge in [-0.1, -0.05) is 73.9 Å². The van der Waals surface area contributed by atoms with E-state index in [0.717, 1.165) is 35.4 Å². The number of hydrogen-bond acceptors (Lipinski definition) is 5. The fourth-order valence-corrected chi connectivity index (χ4v) is 5.88. The summed E-state index contributed by atoms with van der Waals surface area (Å²) in [5.41, 5.74) is 5.20. The normalized spacial score (nSPS) is 13.4. The number of benzene rings is 4. The van der Waals surface area contributed by atoms with E-state index in [-0.39, 0.29) is 11.1 Å². The van der Waals surface area contributed by atoms with Crippen LogP contribution in [0.4, 0.5) is 0 Å². The quantitative estimate of drug-likeness (QED) is 0.142. The number of rotatable bonds is 15. The molecule has 7 nitrogen and oxygen atoms in total. The molecule has 0 bridgehead atoms. The standard InChI is InChI=1S/C38H41NO6/c40-37(41)33-16-10-28(11-17-33)26-39(24-25-44-35-20-18-34(19-21-35)38(42)43)23-22-32-8-4-5-9-36(32)45-27-29-12-14-31(15-13-29)30-6-2-1-3-7-30/h4-5,8-21,30H,1-3,6-7,22-27H2,(H,40,41)(H,42,43). The SMILES string of the molecule is O=C(O)c1ccc(CN(CCOc2ccc(C(=O)O)cc2)CCc2ccccc2OCc2ccc(C3CCCCC3)cc2)cc1. The predicted octanol–water partition coefficient (Wildman–Crippen LogP) is 7.83. The number of nitrogens with zero attached hydrogens (tertiary/aromatic N) is 1. The summed E-state index contributed by atoms with van der Waals surface area (Å²) in [6.07, 6.45) is 7.36. The third-order valence-electron chi connectivity index (χ3n) is 8.51. The van der Waals surface area contributed by atoms with Gasteiger partial charge in [0.05, 0.1) is 11.1 Å². The average Bonchev–Trinajstić information content (AvgIpc) is 3.07. The first-order chi connectivity index (χ1) is 21.9. The number of ether oxygens (including phenoxy) is 2. The maximum absolute atomic E-state index is 11.3. The van der Waals surface area contributed by atoms with Crippen LogP contribution in [0.25, 0.3) is 0 Å². The molecule has 0 heterocycles. The molecular formula is C38H41NO6. The molecule has 0 spiro atoms. The van der Waals surface area contributed by atoms with Crippen LogP contribution >= 0.6 is 0 Å². The van der Waals surface area contributed by atoms with E-state index in [0.29, 0.717) is 38.0 Å². The predicted molar refractivity (Wildman–Crippen MR) is 174 cm³/mol. The second-order valence-electron chi connectivity index (χ2n) is 11.7. The van der Waals surface area contributed by atoms with Crippen molar-refractivity contribution in [2.45, 2.75) is 57.6 Å². The second-order valence-corrected chi connectivity index (χ2v) is 11.7. The Bertz CT molecular complexity index is 1530. The molecule has 0 aromatic heterocycles. The van der Waals surface area contributed by atoms with Crippen molar-refractivity contribution in [1.29, 1.82) is 0 Å². The zero-order chi connectivity index (χ0) is 31.4. The summed E-state index contributed by atoms with van der Waals surface area (Å²) in [4.78, 5) is 24.7. The summed E-state index contributed by atoms with van der Waals surface area (Å²) in [6.45, 7) is 2.90. The van der Waals surface area contributed by atoms with Crippen molar-refractivity contribution in [3.8, 4) is 11.5 Å². The van der Waals surface area contributed by atoms with Crippen LogP contribution in [-0.4, -0.2) is 46.7 Å². The summed E-state index contributed by atoms with van der Waals surface area (Å²) >= 11 is 0. The van der Waals surface area contributed by atoms with Crippen molar-refractivity contribution in [1.82, 2.24) is 4.90 Å². The summed E-state index contributed by atoms with van der Waals surface area (Å²) in [7, 11) is 0. The number of para-hydroxylation sites is 1. The fraction of sp³-hybridized carbons (Fsp3) is 0.316. The second kappa shape index (κ2) is 15.9. The van der Waals surface area contributed by atoms with Crippen LogP contribution in [0.15, 0.2) is 97.1 Å². The zero-order valence-corrected chi connectivity index (χ0v) is 25.6. The molecule has 2 N–H and O–H groups in total. The van der Waals surface area contributed by atoms with E-state index < -0.39 is 11.9 Å². The molecule has 1 aliphatic carbocycles. The van der Waals surface area contributed by atoms with Crippen molar-refractivity contribution >= 4 is 11.9 Å². The van der Waals surface area contributed by atoms with E-state index in [2.05, 4.69) is 35.2 Å². The zero-order valence-electron chi connectivity index (χ0n) is 25.6. The van der Waals surface area contributed by atoms with Crippen molar-refractivity contribution in [3.63, 3.8) is 0 Å². The Morgan fingerprint density at radius 2 is 1.31 bits per heavy atom. The van der Waals surface area contributed by atoms with Gasteiger partial charge in [-0.3, -0.25) is 4.90 Å². The van der Waals surface area contributed by atoms with E-state index >= 15 is 0 Å². The fourth-order valence-electron chi connectivity index (χ4n) is 5.88. The van der Waals surface area contributed by atoms with E-state index in [1.165, 1.54) is 49.8 Å². The monoisotopic (exact) mass is 607 g/mol. The van der Waals surface area contributed by atoms with Crippen molar-refractivity contribution in [2.75, 3.05) is 19.7 Å². The van der Waals surface area contributed by atoms with Crippen LogP contribution < -0.4 is 9.47 Å². The largest absolute Gasteiger partial charge is 0.492 e. The highest BCUT2D eigenvalue weighted by Crippen LogP contribution is 2.32. The maximum Gasteiger partial charge on any atom is 0.335 e. The molecule has 0 amide bonds. The molecule has 45 heavy (non-hydrogen) atoms. The summed E-state index contributed by atoms with van der Waals surface area (Å²) in [5.74, 6) is 0.247. The summed E-state index contributed by atoms with van der Waals surface area (Å²) in [6, 6.07) is 30.4. The van der Waals surface area contributed by atoms with Crippen LogP contribution in [0.1, 0.15) is 81.0 Å². The van der Waals surface area contributed by atoms with Gasteiger partial charge in [0, 0.05) is 19.6 Å². The Morgan fingerprint density at radius 1 is 0.689 bits per heavy atom. The number of aromatic carboxylic acids is 2. The van der Waals surface area contributed by atoms with Gasteiger partial charge in [-0.2, -0.15) is 0 Å². The van der Waals surface area contributed by atoms with Crippen molar-refractivity contribution in [3.05, 3.63) is 130 Å². The van der Waals surface area contributed by atoms with Crippen molar-refractivity contribution in [2.24, 2.45) is 0 Å². The Kier molecular flexibility index (Phi) is 11.2. The Balaban J connectivity index is 1.20. The van der Waals surface area contributed by atoms with Crippen LogP contribution in [0.3, 0.4) is 0 Å². The molecular weight excluding hydrogens is 566 g/mol. The van der Waals surface area contributed by atoms with Gasteiger partial charge in [0.25, 0.3) is 0 Å². The van der Waals surface area contributed by atoms with Gasteiger partial charge >= 0.3 is 11.9 Å². The third-order valence-corrected chi connectivity index (χ3v) is 8.51. The molecule has 234 valence electrons. The maximum atomic E-state index is 11.3. The van der Waals surface area contributed by atoms with Gasteiger partial charge in [0.1, 0.15) is 24.7 Å². The van der Waals surface area contributed by atoms with Gasteiger partial charge in [-0.15, -0.1) is 0 Å². The average molecular weight is 608 g/mol. The molecule has 1 fully saturated rings. The Labute approximate surface area is 265 Å². The molecule has 5 rings (SSSR count). The minimum absolute atomic E-state index is 0.214. The highest BCUT2D eigenvalue weighted by molar-refractivity contribution is 5.88. The molecule has 0 unspecified atom stereocenters. The Morgan fingerprint density at radius 3 is 1.98 bits per heavy atom. The highest BCUT2D eigenvalue weighted by atomic mass is 16.5. The van der Waals surface area contributed by atoms with Crippen LogP contribution in [0.5, 0.6) is 11.5 Å². The molecule has 1 saturated carbocycles. The molecule has 7 heteroatoms. The summed E-state index contributed by atoms with van der Waals surface area (Å²) < 4.78 is 12.3. The minimum Gasteiger partial charge on any atom is -0.492 e. The van der Waals surface area contributed by atoms with Gasteiger partial charge in [-0.25, -0.2) is 9.59 Å². The lowest BCUT2D eigenvalue weighted by molar-refractivity contribution is 0.0686. The first-order valence-electron chi connectivity index (χ1n) is 15.7. The molecule has 4 aromatic carbocycles. The van der Waals surface area contributed by atoms with Crippen LogP contribution in [0.2, 0.25) is 0 Å². The van der Waals surface area contributed by atoms with Gasteiger partial charge in [0.15, 0.2) is 0 Å². The van der Waals surface area contributed by atoms with E-state index in [9.17, 15) is 14.7 Å². The van der Waals surface area contributed by atoms with Crippen molar-refractivity contribution < 1.29 is 29.3 Å². The highest BCUT2D eigenvalue weighted by Gasteiger charge is 2.16. The molecule has 0 aliphatic heterocycles. The minimum atomic E-state index is -0.974. The molecule has 0 atom stereocenters. The van der Waals surface area contributed by atoms with Crippen LogP contribution in [0, 0.1) is 0 Å². The van der Waals surface area contributed by atoms with E-state index in [1.807, 2.05) is 30.3 Å². The van der Waals surface area contributed by atoms with E-state index in [1.54, 1.807) is 24.3 Å². The first-order valence-corrected chi connectivity index (χ1v) is 15.7. The Hall–Kier alpha value is -4.62. The van der Waals surface area contributed by atoms with Gasteiger partial charge in [0.2, 0.25) is 0 Å². The molecule has 1 aliphatic rings. The topological polar surface area (TPSA) is 96.3 Å². The van der Waals surface area contributed by atoms with Crippen LogP contribution in [-0.2, 0) is 19.6 Å². The number of carboxylic acid groups (broad SMARTS) is 2.